The molecule has 7 N–H and O–H groups in total. The number of nitrogens with one attached hydrogen (secondary N) is 4. The van der Waals surface area contributed by atoms with Crippen LogP contribution in [0.3, 0.4) is 0 Å². The van der Waals surface area contributed by atoms with E-state index in [1.54, 1.807) is 30.9 Å². The van der Waals surface area contributed by atoms with Crippen LogP contribution in [-0.2, 0) is 14.3 Å². The molecule has 0 saturated carbocycles. The maximum atomic E-state index is 14.3. The Morgan fingerprint density at radius 3 is 1.60 bits per heavy atom. The number of carboxylic acid groups (broad SMARTS) is 1. The molecule has 18 heteroatoms. The second kappa shape index (κ2) is 17.5. The molecule has 3 saturated heterocycles. The number of aliphatic hydroxyl groups excluding tert-OH is 2. The smallest absolute Gasteiger partial charge is 0.407 e. The molecule has 0 aliphatic carbocycles. The number of aromatic amines is 2. The van der Waals surface area contributed by atoms with E-state index in [9.17, 15) is 38.9 Å². The molecular weight excluding hydrogens is 814 g/mol. The fourth-order valence-electron chi connectivity index (χ4n) is 9.59. The van der Waals surface area contributed by atoms with Crippen LogP contribution in [0.1, 0.15) is 100 Å². The average molecular weight is 868 g/mol. The Bertz CT molecular complexity index is 2510. The summed E-state index contributed by atoms with van der Waals surface area (Å²) in [6.45, 7) is 7.32. The minimum absolute atomic E-state index is 0.0501. The number of anilines is 1. The highest BCUT2D eigenvalue weighted by Crippen LogP contribution is 2.48. The van der Waals surface area contributed by atoms with E-state index in [4.69, 9.17) is 14.7 Å². The van der Waals surface area contributed by atoms with Crippen molar-refractivity contribution in [2.75, 3.05) is 25.1 Å². The number of amides is 4. The van der Waals surface area contributed by atoms with Crippen LogP contribution in [0.5, 0.6) is 0 Å². The van der Waals surface area contributed by atoms with Crippen LogP contribution in [0.4, 0.5) is 19.7 Å². The Balaban J connectivity index is 1.08. The van der Waals surface area contributed by atoms with Crippen LogP contribution in [0, 0.1) is 17.7 Å². The van der Waals surface area contributed by atoms with Gasteiger partial charge in [0, 0.05) is 31.6 Å². The second-order valence-electron chi connectivity index (χ2n) is 17.6. The number of carbonyl (C=O) groups excluding carboxylic acids is 3. The number of imidazole rings is 2. The fourth-order valence-corrected chi connectivity index (χ4v) is 9.59. The number of nitrogens with zero attached hydrogens (tertiary/aromatic N) is 5. The maximum absolute atomic E-state index is 14.3. The first-order chi connectivity index (χ1) is 30.1. The number of hydrogen-bond donors (Lipinski definition) is 7. The van der Waals surface area contributed by atoms with Gasteiger partial charge in [0.15, 0.2) is 0 Å². The Kier molecular flexibility index (Phi) is 12.0. The highest BCUT2D eigenvalue weighted by atomic mass is 19.1. The largest absolute Gasteiger partial charge is 0.465 e. The van der Waals surface area contributed by atoms with Crippen LogP contribution in [0.15, 0.2) is 60.7 Å². The number of rotatable bonds is 11. The number of H-pyrrole nitrogens is 2. The summed E-state index contributed by atoms with van der Waals surface area (Å²) in [4.78, 5) is 73.1. The molecule has 4 amide bonds. The van der Waals surface area contributed by atoms with Gasteiger partial charge in [0.1, 0.15) is 29.5 Å². The lowest BCUT2D eigenvalue weighted by molar-refractivity contribution is -0.136. The zero-order valence-electron chi connectivity index (χ0n) is 35.8. The molecule has 8 rings (SSSR count). The number of hydrogen-bond acceptors (Lipinski definition) is 10. The SMILES string of the molecule is COC(=O)N[C@H](C(=O)N1C[C@@H](O)C[C@H]1c1nc2cc([C@@H]3CC[C@@H](c4ccc5[nH]c([C@@H]6C[C@H](O)CN6C(=O)[C@@H](NC(=O)O)C(C)C)nc5c4)N3c3ccc(F)cc3)ccc2[nH]1)C(C)C. The van der Waals surface area contributed by atoms with E-state index in [0.29, 0.717) is 22.7 Å². The number of carbonyl (C=O) groups is 4. The van der Waals surface area contributed by atoms with Gasteiger partial charge in [0.25, 0.3) is 0 Å². The molecule has 5 heterocycles. The van der Waals surface area contributed by atoms with Crippen molar-refractivity contribution in [2.45, 2.75) is 102 Å². The van der Waals surface area contributed by atoms with E-state index >= 15 is 0 Å². The Labute approximate surface area is 363 Å². The third-order valence-electron chi connectivity index (χ3n) is 12.7. The summed E-state index contributed by atoms with van der Waals surface area (Å²) < 4.78 is 19.1. The van der Waals surface area contributed by atoms with Crippen molar-refractivity contribution in [3.63, 3.8) is 0 Å². The average Bonchev–Trinajstić information content (AvgIpc) is 4.10. The number of methoxy groups -OCH3 is 1. The molecule has 0 spiro atoms. The molecule has 0 radical (unpaired) electrons. The van der Waals surface area contributed by atoms with Gasteiger partial charge in [-0.25, -0.2) is 23.9 Å². The molecule has 17 nitrogen and oxygen atoms in total. The zero-order chi connectivity index (χ0) is 44.9. The van der Waals surface area contributed by atoms with E-state index in [1.807, 2.05) is 50.2 Å². The van der Waals surface area contributed by atoms with Crippen LogP contribution in [0.25, 0.3) is 22.1 Å². The molecule has 0 bridgehead atoms. The normalized spacial score (nSPS) is 23.6. The van der Waals surface area contributed by atoms with Crippen LogP contribution < -0.4 is 15.5 Å². The minimum Gasteiger partial charge on any atom is -0.465 e. The van der Waals surface area contributed by atoms with Crippen molar-refractivity contribution in [3.05, 3.63) is 89.3 Å². The van der Waals surface area contributed by atoms with Gasteiger partial charge in [0.05, 0.1) is 65.6 Å². The van der Waals surface area contributed by atoms with E-state index in [0.717, 1.165) is 40.7 Å². The molecule has 3 aliphatic heterocycles. The lowest BCUT2D eigenvalue weighted by atomic mass is 10.0. The van der Waals surface area contributed by atoms with Gasteiger partial charge in [-0.3, -0.25) is 9.59 Å². The van der Waals surface area contributed by atoms with E-state index < -0.39 is 54.5 Å². The summed E-state index contributed by atoms with van der Waals surface area (Å²) in [6, 6.07) is 15.2. The van der Waals surface area contributed by atoms with Gasteiger partial charge in [0.2, 0.25) is 11.8 Å². The lowest BCUT2D eigenvalue weighted by Crippen LogP contribution is -2.51. The number of aromatic nitrogens is 4. The summed E-state index contributed by atoms with van der Waals surface area (Å²) in [5, 5.41) is 35.8. The van der Waals surface area contributed by atoms with Gasteiger partial charge < -0.3 is 55.4 Å². The van der Waals surface area contributed by atoms with Gasteiger partial charge in [-0.2, -0.15) is 0 Å². The number of ether oxygens (including phenoxy) is 1. The first-order valence-corrected chi connectivity index (χ1v) is 21.4. The lowest BCUT2D eigenvalue weighted by Gasteiger charge is -2.33. The molecular formula is C45H54FN9O8. The highest BCUT2D eigenvalue weighted by molar-refractivity contribution is 5.87. The summed E-state index contributed by atoms with van der Waals surface area (Å²) in [5.74, 6) is -0.659. The Morgan fingerprint density at radius 2 is 1.17 bits per heavy atom. The third-order valence-corrected chi connectivity index (χ3v) is 12.7. The predicted octanol–water partition coefficient (Wildman–Crippen LogP) is 5.60. The van der Waals surface area contributed by atoms with E-state index in [2.05, 4.69) is 25.5 Å². The van der Waals surface area contributed by atoms with Crippen molar-refractivity contribution >= 4 is 51.8 Å². The maximum Gasteiger partial charge on any atom is 0.407 e. The number of β-amino-alcohol motifs (C(OH)–C–C–N with tert-alkyl or cyclic N) is 2. The topological polar surface area (TPSA) is 229 Å². The molecule has 0 unspecified atom stereocenters. The van der Waals surface area contributed by atoms with Crippen LogP contribution >= 0.6 is 0 Å². The van der Waals surface area contributed by atoms with E-state index in [1.165, 1.54) is 24.1 Å². The molecule has 8 atom stereocenters. The van der Waals surface area contributed by atoms with Crippen molar-refractivity contribution in [2.24, 2.45) is 11.8 Å². The number of likely N-dealkylation sites (tertiary alicyclic amines) is 2. The standard InChI is InChI=1S/C45H54FN9O8/c1-22(2)38(51-44(60)61)42(58)53-20-28(56)18-36(53)40-47-30-12-6-24(16-32(30)49-40)34-14-15-35(55(34)27-10-8-26(46)9-11-27)25-7-13-31-33(17-25)50-41(48-31)37-19-29(57)21-54(37)43(59)39(23(3)4)52-45(62)63-5/h6-13,16-17,22-23,28-29,34-39,51,56-57H,14-15,18-21H2,1-5H3,(H,47,49)(H,48,50)(H,52,62)(H,60,61)/t28-,29-,34-,35-,36-,37-,38-,39-/m0/s1. The third kappa shape index (κ3) is 8.61. The molecule has 3 aliphatic rings. The van der Waals surface area contributed by atoms with E-state index in [-0.39, 0.29) is 61.6 Å². The number of halogens is 1. The first-order valence-electron chi connectivity index (χ1n) is 21.4. The fraction of sp³-hybridized carbons (Fsp3) is 0.467. The van der Waals surface area contributed by atoms with Crippen LogP contribution in [-0.4, -0.2) is 114 Å². The van der Waals surface area contributed by atoms with Crippen molar-refractivity contribution in [1.29, 1.82) is 0 Å². The number of benzene rings is 3. The Hall–Kier alpha value is -6.27. The predicted molar refractivity (Wildman–Crippen MR) is 230 cm³/mol. The van der Waals surface area contributed by atoms with Crippen molar-refractivity contribution in [1.82, 2.24) is 40.4 Å². The summed E-state index contributed by atoms with van der Waals surface area (Å²) in [7, 11) is 1.24. The summed E-state index contributed by atoms with van der Waals surface area (Å²) in [6.07, 6.45) is -1.57. The zero-order valence-corrected chi connectivity index (χ0v) is 35.8. The first kappa shape index (κ1) is 43.4. The van der Waals surface area contributed by atoms with Gasteiger partial charge >= 0.3 is 12.2 Å². The Morgan fingerprint density at radius 1 is 0.714 bits per heavy atom. The summed E-state index contributed by atoms with van der Waals surface area (Å²) in [5.41, 5.74) is 5.63. The molecule has 5 aromatic rings. The minimum atomic E-state index is -1.30. The number of aliphatic hydroxyl groups is 2. The highest BCUT2D eigenvalue weighted by Gasteiger charge is 2.43. The van der Waals surface area contributed by atoms with Gasteiger partial charge in [-0.15, -0.1) is 0 Å². The number of fused-ring (bicyclic) bond motifs is 2. The molecule has 63 heavy (non-hydrogen) atoms. The number of alkyl carbamates (subject to hydrolysis) is 1. The quantitative estimate of drug-likeness (QED) is 0.0864. The van der Waals surface area contributed by atoms with Crippen molar-refractivity contribution in [3.8, 4) is 0 Å². The molecule has 2 aromatic heterocycles. The van der Waals surface area contributed by atoms with Gasteiger partial charge in [-0.1, -0.05) is 39.8 Å². The monoisotopic (exact) mass is 867 g/mol. The second-order valence-corrected chi connectivity index (χ2v) is 17.6. The molecule has 3 aromatic carbocycles. The van der Waals surface area contributed by atoms with Crippen LogP contribution in [0.2, 0.25) is 0 Å². The molecule has 334 valence electrons. The summed E-state index contributed by atoms with van der Waals surface area (Å²) >= 11 is 0. The van der Waals surface area contributed by atoms with Crippen molar-refractivity contribution < 1.29 is 43.6 Å². The molecule has 3 fully saturated rings. The van der Waals surface area contributed by atoms with Gasteiger partial charge in [-0.05, 0) is 84.3 Å².